The Morgan fingerprint density at radius 1 is 1.06 bits per heavy atom. The number of ketones is 1. The van der Waals surface area contributed by atoms with Crippen LogP contribution in [0.25, 0.3) is 27.8 Å². The maximum atomic E-state index is 13.6. The number of nitriles is 1. The van der Waals surface area contributed by atoms with Crippen LogP contribution in [-0.4, -0.2) is 15.3 Å². The van der Waals surface area contributed by atoms with Crippen molar-refractivity contribution < 1.29 is 4.79 Å². The highest BCUT2D eigenvalue weighted by Crippen LogP contribution is 2.35. The summed E-state index contributed by atoms with van der Waals surface area (Å²) in [4.78, 5) is 41.5. The van der Waals surface area contributed by atoms with Gasteiger partial charge in [0.05, 0.1) is 16.9 Å². The second-order valence-electron chi connectivity index (χ2n) is 7.23. The highest BCUT2D eigenvalue weighted by Gasteiger charge is 2.25. The van der Waals surface area contributed by atoms with Crippen molar-refractivity contribution in [3.63, 3.8) is 0 Å². The number of H-pyrrole nitrogens is 1. The number of pyridine rings is 2. The first-order chi connectivity index (χ1) is 14.8. The molecule has 0 saturated carbocycles. The molecule has 7 nitrogen and oxygen atoms in total. The van der Waals surface area contributed by atoms with E-state index in [4.69, 9.17) is 5.73 Å². The molecule has 31 heavy (non-hydrogen) atoms. The Kier molecular flexibility index (Phi) is 4.76. The summed E-state index contributed by atoms with van der Waals surface area (Å²) in [6, 6.07) is 17.7. The van der Waals surface area contributed by atoms with Gasteiger partial charge in [-0.05, 0) is 31.5 Å². The van der Waals surface area contributed by atoms with E-state index in [9.17, 15) is 19.6 Å². The number of Topliss-reactive ketones (excluding diaryl/α,β-unsaturated/α-hetero) is 1. The molecule has 3 N–H and O–H groups in total. The predicted molar refractivity (Wildman–Crippen MR) is 119 cm³/mol. The molecule has 0 aliphatic heterocycles. The molecule has 0 saturated heterocycles. The van der Waals surface area contributed by atoms with E-state index < -0.39 is 16.9 Å². The highest BCUT2D eigenvalue weighted by molar-refractivity contribution is 6.12. The summed E-state index contributed by atoms with van der Waals surface area (Å²) in [5, 5.41) is 9.76. The third-order valence-electron chi connectivity index (χ3n) is 5.19. The van der Waals surface area contributed by atoms with Crippen LogP contribution in [0.5, 0.6) is 0 Å². The smallest absolute Gasteiger partial charge is 0.269 e. The second kappa shape index (κ2) is 7.43. The van der Waals surface area contributed by atoms with Gasteiger partial charge in [0.1, 0.15) is 17.3 Å². The van der Waals surface area contributed by atoms with Gasteiger partial charge in [-0.1, -0.05) is 48.0 Å². The van der Waals surface area contributed by atoms with Gasteiger partial charge in [0.2, 0.25) is 0 Å². The maximum absolute atomic E-state index is 13.6. The first kappa shape index (κ1) is 19.9. The molecule has 0 aliphatic carbocycles. The molecule has 4 rings (SSSR count). The Morgan fingerprint density at radius 3 is 2.29 bits per heavy atom. The Labute approximate surface area is 177 Å². The molecule has 7 heteroatoms. The van der Waals surface area contributed by atoms with Crippen LogP contribution in [0.2, 0.25) is 0 Å². The molecule has 0 spiro atoms. The van der Waals surface area contributed by atoms with E-state index in [0.29, 0.717) is 16.8 Å². The minimum Gasteiger partial charge on any atom is -0.397 e. The third kappa shape index (κ3) is 3.11. The average molecular weight is 410 g/mol. The molecule has 0 amide bonds. The van der Waals surface area contributed by atoms with Crippen molar-refractivity contribution in [1.29, 1.82) is 5.26 Å². The Balaban J connectivity index is 2.35. The van der Waals surface area contributed by atoms with E-state index in [1.807, 2.05) is 25.1 Å². The maximum Gasteiger partial charge on any atom is 0.269 e. The number of rotatable bonds is 3. The summed E-state index contributed by atoms with van der Waals surface area (Å²) in [5.41, 5.74) is 7.02. The zero-order valence-corrected chi connectivity index (χ0v) is 16.9. The lowest BCUT2D eigenvalue weighted by Crippen LogP contribution is -2.29. The van der Waals surface area contributed by atoms with Crippen molar-refractivity contribution in [1.82, 2.24) is 9.55 Å². The minimum atomic E-state index is -0.706. The first-order valence-electron chi connectivity index (χ1n) is 9.53. The summed E-state index contributed by atoms with van der Waals surface area (Å²) in [6.45, 7) is 3.21. The lowest BCUT2D eigenvalue weighted by molar-refractivity contribution is 0.101. The summed E-state index contributed by atoms with van der Waals surface area (Å²) >= 11 is 0. The largest absolute Gasteiger partial charge is 0.397 e. The van der Waals surface area contributed by atoms with Gasteiger partial charge in [0, 0.05) is 10.9 Å². The van der Waals surface area contributed by atoms with Gasteiger partial charge in [0.15, 0.2) is 5.78 Å². The number of carbonyl (C=O) groups is 1. The number of hydrogen-bond acceptors (Lipinski definition) is 5. The zero-order valence-electron chi connectivity index (χ0n) is 16.9. The number of carbonyl (C=O) groups excluding carboxylic acids is 1. The van der Waals surface area contributed by atoms with E-state index in [1.165, 1.54) is 11.5 Å². The predicted octanol–water partition coefficient (Wildman–Crippen LogP) is 3.31. The van der Waals surface area contributed by atoms with Crippen molar-refractivity contribution in [3.8, 4) is 22.9 Å². The molecule has 2 heterocycles. The number of nitrogens with one attached hydrogen (secondary N) is 1. The fourth-order valence-corrected chi connectivity index (χ4v) is 3.74. The molecular weight excluding hydrogens is 392 g/mol. The molecule has 2 aromatic heterocycles. The number of benzene rings is 2. The molecule has 0 aliphatic rings. The van der Waals surface area contributed by atoms with Gasteiger partial charge < -0.3 is 10.7 Å². The van der Waals surface area contributed by atoms with Crippen molar-refractivity contribution in [2.45, 2.75) is 13.8 Å². The summed E-state index contributed by atoms with van der Waals surface area (Å²) < 4.78 is 1.26. The molecule has 152 valence electrons. The number of nitrogen functional groups attached to an aromatic ring is 1. The number of aromatic nitrogens is 2. The van der Waals surface area contributed by atoms with Crippen LogP contribution in [0.15, 0.2) is 64.2 Å². The van der Waals surface area contributed by atoms with Crippen LogP contribution in [-0.2, 0) is 0 Å². The third-order valence-corrected chi connectivity index (χ3v) is 5.19. The van der Waals surface area contributed by atoms with Gasteiger partial charge in [-0.3, -0.25) is 19.0 Å². The normalized spacial score (nSPS) is 10.7. The van der Waals surface area contributed by atoms with Crippen LogP contribution in [0.3, 0.4) is 0 Å². The highest BCUT2D eigenvalue weighted by atomic mass is 16.1. The molecule has 0 radical (unpaired) electrons. The van der Waals surface area contributed by atoms with Crippen molar-refractivity contribution in [3.05, 3.63) is 92.0 Å². The van der Waals surface area contributed by atoms with Crippen LogP contribution in [0.1, 0.15) is 28.4 Å². The van der Waals surface area contributed by atoms with Gasteiger partial charge in [-0.2, -0.15) is 5.26 Å². The van der Waals surface area contributed by atoms with Crippen LogP contribution in [0.4, 0.5) is 5.69 Å². The summed E-state index contributed by atoms with van der Waals surface area (Å²) in [6.07, 6.45) is 0. The van der Waals surface area contributed by atoms with Crippen LogP contribution >= 0.6 is 0 Å². The molecule has 0 unspecified atom stereocenters. The molecule has 4 aromatic rings. The monoisotopic (exact) mass is 410 g/mol. The number of aromatic amines is 1. The SMILES string of the molecule is CC(=O)c1c(-c2ccccc2)c2c(N)c(C#N)c(=O)[nH]c2n(-c2ccc(C)cc2)c1=O. The van der Waals surface area contributed by atoms with Gasteiger partial charge in [-0.15, -0.1) is 0 Å². The number of anilines is 1. The van der Waals surface area contributed by atoms with Crippen molar-refractivity contribution in [2.75, 3.05) is 5.73 Å². The van der Waals surface area contributed by atoms with Gasteiger partial charge >= 0.3 is 0 Å². The van der Waals surface area contributed by atoms with E-state index >= 15 is 0 Å². The van der Waals surface area contributed by atoms with Crippen LogP contribution < -0.4 is 16.9 Å². The standard InChI is InChI=1S/C24H18N4O3/c1-13-8-10-16(11-9-13)28-22-20(21(26)17(12-25)23(30)27-22)19(15-6-4-3-5-7-15)18(14(2)29)24(28)31/h3-11H,1-2H3,(H3,26,27,30). The number of aryl methyl sites for hydroxylation is 1. The Hall–Kier alpha value is -4.44. The van der Waals surface area contributed by atoms with E-state index in [0.717, 1.165) is 5.56 Å². The Bertz CT molecular complexity index is 1510. The number of nitrogens with zero attached hydrogens (tertiary/aromatic N) is 2. The van der Waals surface area contributed by atoms with E-state index in [-0.39, 0.29) is 27.8 Å². The summed E-state index contributed by atoms with van der Waals surface area (Å²) in [5.74, 6) is -0.448. The molecule has 0 fully saturated rings. The quantitative estimate of drug-likeness (QED) is 0.502. The summed E-state index contributed by atoms with van der Waals surface area (Å²) in [7, 11) is 0. The van der Waals surface area contributed by atoms with Gasteiger partial charge in [-0.25, -0.2) is 0 Å². The Morgan fingerprint density at radius 2 is 1.71 bits per heavy atom. The van der Waals surface area contributed by atoms with Crippen molar-refractivity contribution in [2.24, 2.45) is 0 Å². The number of nitrogens with two attached hydrogens (primary N) is 1. The molecule has 0 bridgehead atoms. The topological polar surface area (TPSA) is 122 Å². The van der Waals surface area contributed by atoms with Gasteiger partial charge in [0.25, 0.3) is 11.1 Å². The minimum absolute atomic E-state index is 0.0677. The fourth-order valence-electron chi connectivity index (χ4n) is 3.74. The first-order valence-corrected chi connectivity index (χ1v) is 9.53. The lowest BCUT2D eigenvalue weighted by atomic mass is 9.93. The van der Waals surface area contributed by atoms with Crippen LogP contribution in [0, 0.1) is 18.3 Å². The van der Waals surface area contributed by atoms with Crippen molar-refractivity contribution >= 4 is 22.5 Å². The van der Waals surface area contributed by atoms with E-state index in [1.54, 1.807) is 42.5 Å². The molecular formula is C24H18N4O3. The molecule has 2 aromatic carbocycles. The lowest BCUT2D eigenvalue weighted by Gasteiger charge is -2.18. The zero-order chi connectivity index (χ0) is 22.3. The number of hydrogen-bond donors (Lipinski definition) is 2. The average Bonchev–Trinajstić information content (AvgIpc) is 2.74. The van der Waals surface area contributed by atoms with E-state index in [2.05, 4.69) is 4.98 Å². The second-order valence-corrected chi connectivity index (χ2v) is 7.23. The fraction of sp³-hybridized carbons (Fsp3) is 0.0833. The number of fused-ring (bicyclic) bond motifs is 1. The molecule has 0 atom stereocenters.